The maximum Gasteiger partial charge on any atom is 0.417 e. The van der Waals surface area contributed by atoms with E-state index in [2.05, 4.69) is 4.98 Å². The molecule has 2 rings (SSSR count). The Labute approximate surface area is 116 Å². The second kappa shape index (κ2) is 5.51. The van der Waals surface area contributed by atoms with Crippen LogP contribution in [0.15, 0.2) is 46.5 Å². The van der Waals surface area contributed by atoms with Crippen LogP contribution in [0, 0.1) is 17.1 Å². The Morgan fingerprint density at radius 3 is 2.45 bits per heavy atom. The number of hydrogen-bond acceptors (Lipinski definition) is 3. The first-order valence-electron chi connectivity index (χ1n) is 5.31. The molecule has 1 aromatic carbocycles. The van der Waals surface area contributed by atoms with Gasteiger partial charge in [-0.1, -0.05) is 17.8 Å². The highest BCUT2D eigenvalue weighted by atomic mass is 32.2. The molecule has 102 valence electrons. The largest absolute Gasteiger partial charge is 0.417 e. The molecule has 2 nitrogen and oxygen atoms in total. The minimum absolute atomic E-state index is 0.154. The van der Waals surface area contributed by atoms with Gasteiger partial charge in [0.2, 0.25) is 0 Å². The Kier molecular flexibility index (Phi) is 3.95. The summed E-state index contributed by atoms with van der Waals surface area (Å²) < 4.78 is 50.5. The Balaban J connectivity index is 2.28. The minimum atomic E-state index is -4.45. The van der Waals surface area contributed by atoms with E-state index in [0.717, 1.165) is 23.9 Å². The van der Waals surface area contributed by atoms with Crippen LogP contribution < -0.4 is 0 Å². The second-order valence-corrected chi connectivity index (χ2v) is 4.77. The van der Waals surface area contributed by atoms with Gasteiger partial charge in [-0.3, -0.25) is 0 Å². The zero-order valence-electron chi connectivity index (χ0n) is 9.78. The number of pyridine rings is 1. The van der Waals surface area contributed by atoms with E-state index in [1.54, 1.807) is 6.07 Å². The summed E-state index contributed by atoms with van der Waals surface area (Å²) >= 11 is 0.931. The fourth-order valence-corrected chi connectivity index (χ4v) is 2.28. The topological polar surface area (TPSA) is 36.7 Å². The lowest BCUT2D eigenvalue weighted by molar-refractivity contribution is -0.137. The lowest BCUT2D eigenvalue weighted by atomic mass is 10.2. The van der Waals surface area contributed by atoms with Crippen LogP contribution in [0.25, 0.3) is 0 Å². The fraction of sp³-hybridized carbons (Fsp3) is 0.0769. The van der Waals surface area contributed by atoms with Crippen molar-refractivity contribution in [2.75, 3.05) is 0 Å². The van der Waals surface area contributed by atoms with Crippen molar-refractivity contribution in [1.82, 2.24) is 4.98 Å². The molecule has 7 heteroatoms. The van der Waals surface area contributed by atoms with Crippen LogP contribution in [-0.4, -0.2) is 4.98 Å². The molecule has 20 heavy (non-hydrogen) atoms. The highest BCUT2D eigenvalue weighted by Crippen LogP contribution is 2.33. The van der Waals surface area contributed by atoms with E-state index < -0.39 is 17.6 Å². The summed E-state index contributed by atoms with van der Waals surface area (Å²) in [5, 5.41) is 9.11. The number of nitrogens with zero attached hydrogens (tertiary/aromatic N) is 2. The average molecular weight is 298 g/mol. The molecule has 1 heterocycles. The third-order valence-corrected chi connectivity index (χ3v) is 3.38. The SMILES string of the molecule is N#Cc1c(F)cccc1Sc1ccc(C(F)(F)F)cn1. The molecule has 0 fully saturated rings. The van der Waals surface area contributed by atoms with Gasteiger partial charge in [0.25, 0.3) is 0 Å². The Bertz CT molecular complexity index is 660. The van der Waals surface area contributed by atoms with E-state index >= 15 is 0 Å². The number of aromatic nitrogens is 1. The van der Waals surface area contributed by atoms with Gasteiger partial charge in [0.1, 0.15) is 22.5 Å². The summed E-state index contributed by atoms with van der Waals surface area (Å²) in [7, 11) is 0. The number of rotatable bonds is 2. The summed E-state index contributed by atoms with van der Waals surface area (Å²) in [5.41, 5.74) is -1.01. The van der Waals surface area contributed by atoms with E-state index in [-0.39, 0.29) is 10.6 Å². The smallest absolute Gasteiger partial charge is 0.249 e. The second-order valence-electron chi connectivity index (χ2n) is 3.71. The Morgan fingerprint density at radius 1 is 1.15 bits per heavy atom. The normalized spacial score (nSPS) is 11.2. The first kappa shape index (κ1) is 14.3. The van der Waals surface area contributed by atoms with Crippen molar-refractivity contribution in [2.45, 2.75) is 16.1 Å². The van der Waals surface area contributed by atoms with Gasteiger partial charge >= 0.3 is 6.18 Å². The molecule has 1 aromatic heterocycles. The quantitative estimate of drug-likeness (QED) is 0.777. The zero-order valence-corrected chi connectivity index (χ0v) is 10.6. The van der Waals surface area contributed by atoms with E-state index in [4.69, 9.17) is 5.26 Å². The van der Waals surface area contributed by atoms with Crippen LogP contribution in [0.5, 0.6) is 0 Å². The molecule has 0 spiro atoms. The molecule has 0 saturated carbocycles. The number of benzene rings is 1. The lowest BCUT2D eigenvalue weighted by Crippen LogP contribution is -2.05. The van der Waals surface area contributed by atoms with E-state index in [1.807, 2.05) is 0 Å². The van der Waals surface area contributed by atoms with Crippen LogP contribution in [-0.2, 0) is 6.18 Å². The Hall–Kier alpha value is -2.07. The van der Waals surface area contributed by atoms with Crippen LogP contribution in [0.1, 0.15) is 11.1 Å². The third-order valence-electron chi connectivity index (χ3n) is 2.37. The number of halogens is 4. The molecule has 0 N–H and O–H groups in total. The standard InChI is InChI=1S/C13H6F4N2S/c14-10-2-1-3-11(9(10)6-18)20-12-5-4-8(7-19-12)13(15,16)17/h1-5,7H. The number of alkyl halides is 3. The van der Waals surface area contributed by atoms with Gasteiger partial charge in [-0.25, -0.2) is 9.37 Å². The van der Waals surface area contributed by atoms with Crippen molar-refractivity contribution in [2.24, 2.45) is 0 Å². The van der Waals surface area contributed by atoms with Crippen molar-refractivity contribution >= 4 is 11.8 Å². The van der Waals surface area contributed by atoms with Crippen molar-refractivity contribution in [3.05, 3.63) is 53.5 Å². The monoisotopic (exact) mass is 298 g/mol. The summed E-state index contributed by atoms with van der Waals surface area (Å²) in [6.07, 6.45) is -3.75. The van der Waals surface area contributed by atoms with Crippen molar-refractivity contribution in [1.29, 1.82) is 5.26 Å². The predicted molar refractivity (Wildman–Crippen MR) is 64.5 cm³/mol. The first-order chi connectivity index (χ1) is 9.41. The first-order valence-corrected chi connectivity index (χ1v) is 6.13. The van der Waals surface area contributed by atoms with E-state index in [9.17, 15) is 17.6 Å². The molecule has 0 aliphatic rings. The van der Waals surface area contributed by atoms with Gasteiger partial charge in [-0.15, -0.1) is 0 Å². The molecule has 0 amide bonds. The molecule has 0 aliphatic carbocycles. The van der Waals surface area contributed by atoms with Gasteiger partial charge in [-0.05, 0) is 24.3 Å². The van der Waals surface area contributed by atoms with E-state index in [0.29, 0.717) is 11.1 Å². The maximum absolute atomic E-state index is 13.4. The summed E-state index contributed by atoms with van der Waals surface area (Å²) in [6, 6.07) is 7.85. The average Bonchev–Trinajstić information content (AvgIpc) is 2.38. The maximum atomic E-state index is 13.4. The van der Waals surface area contributed by atoms with Crippen LogP contribution in [0.4, 0.5) is 17.6 Å². The number of hydrogen-bond donors (Lipinski definition) is 0. The highest BCUT2D eigenvalue weighted by molar-refractivity contribution is 7.99. The molecular weight excluding hydrogens is 292 g/mol. The Morgan fingerprint density at radius 2 is 1.90 bits per heavy atom. The van der Waals surface area contributed by atoms with E-state index in [1.165, 1.54) is 18.2 Å². The van der Waals surface area contributed by atoms with Crippen LogP contribution in [0.2, 0.25) is 0 Å². The van der Waals surface area contributed by atoms with Gasteiger partial charge < -0.3 is 0 Å². The van der Waals surface area contributed by atoms with Crippen molar-refractivity contribution in [3.8, 4) is 6.07 Å². The molecule has 0 saturated heterocycles. The minimum Gasteiger partial charge on any atom is -0.249 e. The molecule has 2 aromatic rings. The van der Waals surface area contributed by atoms with Crippen LogP contribution >= 0.6 is 11.8 Å². The molecule has 0 radical (unpaired) electrons. The van der Waals surface area contributed by atoms with Gasteiger partial charge in [0, 0.05) is 11.1 Å². The molecule has 0 bridgehead atoms. The van der Waals surface area contributed by atoms with Crippen LogP contribution in [0.3, 0.4) is 0 Å². The van der Waals surface area contributed by atoms with Crippen molar-refractivity contribution in [3.63, 3.8) is 0 Å². The van der Waals surface area contributed by atoms with Gasteiger partial charge in [0.05, 0.1) is 5.56 Å². The van der Waals surface area contributed by atoms with Gasteiger partial charge in [0.15, 0.2) is 0 Å². The fourth-order valence-electron chi connectivity index (χ4n) is 1.42. The number of nitriles is 1. The van der Waals surface area contributed by atoms with Crippen molar-refractivity contribution < 1.29 is 17.6 Å². The zero-order chi connectivity index (χ0) is 14.8. The third kappa shape index (κ3) is 3.08. The summed E-state index contributed by atoms with van der Waals surface area (Å²) in [6.45, 7) is 0. The lowest BCUT2D eigenvalue weighted by Gasteiger charge is -2.07. The molecular formula is C13H6F4N2S. The highest BCUT2D eigenvalue weighted by Gasteiger charge is 2.30. The summed E-state index contributed by atoms with van der Waals surface area (Å²) in [4.78, 5) is 3.96. The molecule has 0 aliphatic heterocycles. The molecule has 0 unspecified atom stereocenters. The predicted octanol–water partition coefficient (Wildman–Crippen LogP) is 4.26. The van der Waals surface area contributed by atoms with Gasteiger partial charge in [-0.2, -0.15) is 18.4 Å². The molecule has 0 atom stereocenters. The summed E-state index contributed by atoms with van der Waals surface area (Å²) in [5.74, 6) is -0.676.